The monoisotopic (exact) mass is 310 g/mol. The van der Waals surface area contributed by atoms with E-state index in [2.05, 4.69) is 0 Å². The maximum absolute atomic E-state index is 13.6. The molecule has 0 spiro atoms. The Morgan fingerprint density at radius 1 is 1.25 bits per heavy atom. The van der Waals surface area contributed by atoms with Crippen molar-refractivity contribution in [1.29, 1.82) is 0 Å². The average molecular weight is 310 g/mol. The number of rotatable bonds is 3. The third-order valence-electron chi connectivity index (χ3n) is 3.27. The van der Waals surface area contributed by atoms with Gasteiger partial charge in [-0.25, -0.2) is 8.78 Å². The van der Waals surface area contributed by atoms with Gasteiger partial charge in [0.1, 0.15) is 11.6 Å². The number of thiophene rings is 1. The van der Waals surface area contributed by atoms with E-state index in [0.717, 1.165) is 24.0 Å². The lowest BCUT2D eigenvalue weighted by molar-refractivity contribution is 0.0995. The van der Waals surface area contributed by atoms with Crippen LogP contribution in [0.15, 0.2) is 24.3 Å². The molecule has 1 aromatic carbocycles. The number of carbonyl (C=O) groups is 1. The summed E-state index contributed by atoms with van der Waals surface area (Å²) in [5.74, 6) is 0.662. The number of carbonyl (C=O) groups excluding carboxylic acids is 1. The van der Waals surface area contributed by atoms with Crippen molar-refractivity contribution < 1.29 is 13.6 Å². The van der Waals surface area contributed by atoms with Gasteiger partial charge in [-0.15, -0.1) is 11.3 Å². The van der Waals surface area contributed by atoms with Gasteiger partial charge >= 0.3 is 0 Å². The van der Waals surface area contributed by atoms with Crippen molar-refractivity contribution in [2.75, 3.05) is 5.75 Å². The summed E-state index contributed by atoms with van der Waals surface area (Å²) in [6, 6.07) is 5.27. The van der Waals surface area contributed by atoms with E-state index in [1.165, 1.54) is 33.9 Å². The van der Waals surface area contributed by atoms with E-state index in [4.69, 9.17) is 0 Å². The van der Waals surface area contributed by atoms with Gasteiger partial charge in [0, 0.05) is 23.1 Å². The molecule has 1 aliphatic rings. The molecule has 104 valence electrons. The van der Waals surface area contributed by atoms with Gasteiger partial charge in [-0.1, -0.05) is 6.07 Å². The van der Waals surface area contributed by atoms with Crippen molar-refractivity contribution in [3.8, 4) is 0 Å². The highest BCUT2D eigenvalue weighted by molar-refractivity contribution is 7.98. The predicted molar refractivity (Wildman–Crippen MR) is 78.6 cm³/mol. The molecular formula is C15H12F2OS2. The molecule has 5 heteroatoms. The Labute approximate surface area is 124 Å². The molecule has 0 unspecified atom stereocenters. The predicted octanol–water partition coefficient (Wildman–Crippen LogP) is 4.24. The van der Waals surface area contributed by atoms with Crippen LogP contribution in [-0.4, -0.2) is 11.5 Å². The SMILES string of the molecule is O=C(Cc1ccc(F)cc1F)c1cc2c(s1)CCSC2. The molecule has 0 atom stereocenters. The van der Waals surface area contributed by atoms with Crippen LogP contribution in [0.25, 0.3) is 0 Å². The van der Waals surface area contributed by atoms with E-state index >= 15 is 0 Å². The molecule has 0 N–H and O–H groups in total. The minimum absolute atomic E-state index is 0.0152. The van der Waals surface area contributed by atoms with Crippen molar-refractivity contribution >= 4 is 28.9 Å². The molecule has 1 aliphatic heterocycles. The molecule has 0 saturated carbocycles. The van der Waals surface area contributed by atoms with Crippen LogP contribution >= 0.6 is 23.1 Å². The topological polar surface area (TPSA) is 17.1 Å². The molecule has 0 amide bonds. The van der Waals surface area contributed by atoms with Gasteiger partial charge < -0.3 is 0 Å². The number of aryl methyl sites for hydroxylation is 1. The summed E-state index contributed by atoms with van der Waals surface area (Å²) < 4.78 is 26.4. The minimum atomic E-state index is -0.657. The second kappa shape index (κ2) is 5.66. The zero-order valence-electron chi connectivity index (χ0n) is 10.6. The second-order valence-electron chi connectivity index (χ2n) is 4.70. The Bertz CT molecular complexity index is 640. The summed E-state index contributed by atoms with van der Waals surface area (Å²) >= 11 is 3.38. The van der Waals surface area contributed by atoms with Crippen LogP contribution in [0.4, 0.5) is 8.78 Å². The lowest BCUT2D eigenvalue weighted by Crippen LogP contribution is -2.03. The van der Waals surface area contributed by atoms with Crippen LogP contribution in [0.2, 0.25) is 0 Å². The summed E-state index contributed by atoms with van der Waals surface area (Å²) in [5.41, 5.74) is 1.48. The smallest absolute Gasteiger partial charge is 0.177 e. The largest absolute Gasteiger partial charge is 0.293 e. The summed E-state index contributed by atoms with van der Waals surface area (Å²) in [4.78, 5) is 14.2. The summed E-state index contributed by atoms with van der Waals surface area (Å²) in [6.45, 7) is 0. The zero-order chi connectivity index (χ0) is 14.1. The maximum Gasteiger partial charge on any atom is 0.177 e. The van der Waals surface area contributed by atoms with E-state index in [1.807, 2.05) is 17.8 Å². The Hall–Kier alpha value is -1.20. The number of fused-ring (bicyclic) bond motifs is 1. The van der Waals surface area contributed by atoms with E-state index in [-0.39, 0.29) is 17.8 Å². The summed E-state index contributed by atoms with van der Waals surface area (Å²) in [5, 5.41) is 0. The molecule has 1 aromatic heterocycles. The number of hydrogen-bond donors (Lipinski definition) is 0. The quantitative estimate of drug-likeness (QED) is 0.789. The fourth-order valence-electron chi connectivity index (χ4n) is 2.21. The summed E-state index contributed by atoms with van der Waals surface area (Å²) in [6.07, 6.45) is 0.988. The van der Waals surface area contributed by atoms with Crippen molar-refractivity contribution in [3.05, 3.63) is 56.8 Å². The Balaban J connectivity index is 1.80. The van der Waals surface area contributed by atoms with Gasteiger partial charge in [-0.3, -0.25) is 4.79 Å². The number of benzene rings is 1. The fraction of sp³-hybridized carbons (Fsp3) is 0.267. The highest BCUT2D eigenvalue weighted by atomic mass is 32.2. The lowest BCUT2D eigenvalue weighted by atomic mass is 10.1. The highest BCUT2D eigenvalue weighted by Crippen LogP contribution is 2.32. The van der Waals surface area contributed by atoms with Gasteiger partial charge in [-0.05, 0) is 35.4 Å². The summed E-state index contributed by atoms with van der Waals surface area (Å²) in [7, 11) is 0. The molecule has 0 aliphatic carbocycles. The molecule has 20 heavy (non-hydrogen) atoms. The van der Waals surface area contributed by atoms with Crippen LogP contribution in [0.3, 0.4) is 0 Å². The molecule has 2 heterocycles. The Morgan fingerprint density at radius 3 is 2.85 bits per heavy atom. The van der Waals surface area contributed by atoms with Crippen LogP contribution < -0.4 is 0 Å². The van der Waals surface area contributed by atoms with Gasteiger partial charge in [0.05, 0.1) is 4.88 Å². The van der Waals surface area contributed by atoms with Gasteiger partial charge in [0.15, 0.2) is 5.78 Å². The standard InChI is InChI=1S/C15H12F2OS2/c16-11-2-1-9(12(17)7-11)5-13(18)15-6-10-8-19-4-3-14(10)20-15/h1-2,6-7H,3-5,8H2. The van der Waals surface area contributed by atoms with Crippen LogP contribution in [0.1, 0.15) is 25.7 Å². The number of ketones is 1. The second-order valence-corrected chi connectivity index (χ2v) is 6.94. The maximum atomic E-state index is 13.6. The normalized spacial score (nSPS) is 14.1. The Kier molecular flexibility index (Phi) is 3.89. The van der Waals surface area contributed by atoms with E-state index in [1.54, 1.807) is 0 Å². The molecule has 2 aromatic rings. The number of thioether (sulfide) groups is 1. The van der Waals surface area contributed by atoms with Crippen LogP contribution in [0, 0.1) is 11.6 Å². The molecule has 3 rings (SSSR count). The van der Waals surface area contributed by atoms with Gasteiger partial charge in [0.25, 0.3) is 0 Å². The van der Waals surface area contributed by atoms with E-state index < -0.39 is 11.6 Å². The van der Waals surface area contributed by atoms with Crippen molar-refractivity contribution in [2.24, 2.45) is 0 Å². The first-order chi connectivity index (χ1) is 9.63. The number of halogens is 2. The van der Waals surface area contributed by atoms with Crippen molar-refractivity contribution in [1.82, 2.24) is 0 Å². The minimum Gasteiger partial charge on any atom is -0.293 e. The number of Topliss-reactive ketones (excluding diaryl/α,β-unsaturated/α-hetero) is 1. The molecule has 0 bridgehead atoms. The highest BCUT2D eigenvalue weighted by Gasteiger charge is 2.18. The third-order valence-corrected chi connectivity index (χ3v) is 5.55. The van der Waals surface area contributed by atoms with Gasteiger partial charge in [0.2, 0.25) is 0 Å². The van der Waals surface area contributed by atoms with E-state index in [9.17, 15) is 13.6 Å². The molecular weight excluding hydrogens is 298 g/mol. The Morgan fingerprint density at radius 2 is 2.10 bits per heavy atom. The van der Waals surface area contributed by atoms with Gasteiger partial charge in [-0.2, -0.15) is 11.8 Å². The number of hydrogen-bond acceptors (Lipinski definition) is 3. The fourth-order valence-corrected chi connectivity index (χ4v) is 4.52. The first-order valence-electron chi connectivity index (χ1n) is 6.30. The van der Waals surface area contributed by atoms with E-state index in [0.29, 0.717) is 4.88 Å². The average Bonchev–Trinajstić information content (AvgIpc) is 2.86. The molecule has 1 nitrogen and oxygen atoms in total. The van der Waals surface area contributed by atoms with Crippen LogP contribution in [0.5, 0.6) is 0 Å². The van der Waals surface area contributed by atoms with Crippen molar-refractivity contribution in [2.45, 2.75) is 18.6 Å². The first-order valence-corrected chi connectivity index (χ1v) is 8.27. The molecule has 0 saturated heterocycles. The molecule has 0 radical (unpaired) electrons. The third kappa shape index (κ3) is 2.79. The molecule has 0 fully saturated rings. The zero-order valence-corrected chi connectivity index (χ0v) is 12.3. The van der Waals surface area contributed by atoms with Crippen LogP contribution in [-0.2, 0) is 18.6 Å². The van der Waals surface area contributed by atoms with Crippen molar-refractivity contribution in [3.63, 3.8) is 0 Å². The first kappa shape index (κ1) is 13.8. The lowest BCUT2D eigenvalue weighted by Gasteiger charge is -2.08.